The first-order valence-electron chi connectivity index (χ1n) is 8.38. The Hall–Kier alpha value is -1.41. The Kier molecular flexibility index (Phi) is 7.23. The number of hydrogen-bond acceptors (Lipinski definition) is 4. The molecule has 0 aromatic heterocycles. The van der Waals surface area contributed by atoms with Crippen molar-refractivity contribution in [3.63, 3.8) is 0 Å². The number of rotatable bonds is 3. The van der Waals surface area contributed by atoms with Crippen LogP contribution in [0.1, 0.15) is 23.2 Å². The SMILES string of the molecule is Cl.NC[C@H]1CC[C@@H](C(=O)N2CCN(C(=O)c3ccc(F)cc3Cl)CC2)O1. The minimum absolute atomic E-state index is 0. The van der Waals surface area contributed by atoms with E-state index in [1.165, 1.54) is 12.1 Å². The predicted octanol–water partition coefficient (Wildman–Crippen LogP) is 1.69. The van der Waals surface area contributed by atoms with Crippen molar-refractivity contribution >= 4 is 35.8 Å². The van der Waals surface area contributed by atoms with Gasteiger partial charge in [-0.1, -0.05) is 11.6 Å². The van der Waals surface area contributed by atoms with Gasteiger partial charge in [0.2, 0.25) is 0 Å². The second-order valence-corrected chi connectivity index (χ2v) is 6.71. The molecule has 2 aliphatic heterocycles. The lowest BCUT2D eigenvalue weighted by atomic mass is 10.1. The van der Waals surface area contributed by atoms with Gasteiger partial charge >= 0.3 is 0 Å². The number of piperazine rings is 1. The van der Waals surface area contributed by atoms with Gasteiger partial charge in [-0.2, -0.15) is 0 Å². The number of nitrogens with zero attached hydrogens (tertiary/aromatic N) is 2. The molecule has 1 aromatic rings. The minimum atomic E-state index is -0.482. The lowest BCUT2D eigenvalue weighted by Gasteiger charge is -2.36. The lowest BCUT2D eigenvalue weighted by Crippen LogP contribution is -2.53. The van der Waals surface area contributed by atoms with E-state index in [2.05, 4.69) is 0 Å². The Bertz CT molecular complexity index is 669. The molecule has 2 aliphatic rings. The van der Waals surface area contributed by atoms with Crippen LogP contribution in [-0.2, 0) is 9.53 Å². The van der Waals surface area contributed by atoms with Gasteiger partial charge in [0.1, 0.15) is 11.9 Å². The van der Waals surface area contributed by atoms with Gasteiger partial charge < -0.3 is 20.3 Å². The molecule has 2 heterocycles. The molecule has 0 spiro atoms. The zero-order valence-electron chi connectivity index (χ0n) is 14.2. The number of halogens is 3. The quantitative estimate of drug-likeness (QED) is 0.829. The highest BCUT2D eigenvalue weighted by Gasteiger charge is 2.34. The van der Waals surface area contributed by atoms with Crippen molar-refractivity contribution in [2.75, 3.05) is 32.7 Å². The highest BCUT2D eigenvalue weighted by molar-refractivity contribution is 6.33. The summed E-state index contributed by atoms with van der Waals surface area (Å²) in [5.41, 5.74) is 5.85. The molecule has 2 N–H and O–H groups in total. The van der Waals surface area contributed by atoms with Gasteiger partial charge in [-0.25, -0.2) is 4.39 Å². The second-order valence-electron chi connectivity index (χ2n) is 6.30. The van der Waals surface area contributed by atoms with Crippen LogP contribution in [0.15, 0.2) is 18.2 Å². The van der Waals surface area contributed by atoms with Crippen molar-refractivity contribution in [1.29, 1.82) is 0 Å². The summed E-state index contributed by atoms with van der Waals surface area (Å²) in [7, 11) is 0. The Morgan fingerprint density at radius 3 is 2.42 bits per heavy atom. The van der Waals surface area contributed by atoms with Gasteiger partial charge in [0.25, 0.3) is 11.8 Å². The predicted molar refractivity (Wildman–Crippen MR) is 98.1 cm³/mol. The first-order valence-corrected chi connectivity index (χ1v) is 8.76. The van der Waals surface area contributed by atoms with E-state index < -0.39 is 11.9 Å². The fourth-order valence-corrected chi connectivity index (χ4v) is 3.48. The maximum Gasteiger partial charge on any atom is 0.255 e. The fraction of sp³-hybridized carbons (Fsp3) is 0.529. The molecule has 0 unspecified atom stereocenters. The number of benzene rings is 1. The molecule has 2 fully saturated rings. The number of ether oxygens (including phenoxy) is 1. The standard InChI is InChI=1S/C17H21ClFN3O3.ClH/c18-14-9-11(19)1-3-13(14)16(23)21-5-7-22(8-6-21)17(24)15-4-2-12(10-20)25-15;/h1,3,9,12,15H,2,4-8,10,20H2;1H/t12-,15+;/m1./s1. The van der Waals surface area contributed by atoms with E-state index in [4.69, 9.17) is 22.1 Å². The summed E-state index contributed by atoms with van der Waals surface area (Å²) in [4.78, 5) is 28.4. The maximum absolute atomic E-state index is 13.1. The first kappa shape index (κ1) is 20.9. The lowest BCUT2D eigenvalue weighted by molar-refractivity contribution is -0.144. The Labute approximate surface area is 162 Å². The van der Waals surface area contributed by atoms with E-state index in [9.17, 15) is 14.0 Å². The highest BCUT2D eigenvalue weighted by atomic mass is 35.5. The van der Waals surface area contributed by atoms with Crippen LogP contribution in [0.2, 0.25) is 5.02 Å². The summed E-state index contributed by atoms with van der Waals surface area (Å²) in [5, 5.41) is 0.0932. The molecule has 9 heteroatoms. The van der Waals surface area contributed by atoms with Crippen molar-refractivity contribution in [3.8, 4) is 0 Å². The number of hydrogen-bond donors (Lipinski definition) is 1. The number of amides is 2. The Balaban J connectivity index is 0.00000243. The highest BCUT2D eigenvalue weighted by Crippen LogP contribution is 2.23. The van der Waals surface area contributed by atoms with E-state index in [0.29, 0.717) is 39.1 Å². The molecule has 144 valence electrons. The second kappa shape index (κ2) is 8.99. The largest absolute Gasteiger partial charge is 0.364 e. The van der Waals surface area contributed by atoms with Gasteiger partial charge in [-0.05, 0) is 31.0 Å². The molecule has 0 saturated carbocycles. The molecular weight excluding hydrogens is 384 g/mol. The average molecular weight is 406 g/mol. The van der Waals surface area contributed by atoms with Crippen molar-refractivity contribution in [3.05, 3.63) is 34.6 Å². The smallest absolute Gasteiger partial charge is 0.255 e. The third-order valence-corrected chi connectivity index (χ3v) is 5.00. The molecule has 26 heavy (non-hydrogen) atoms. The van der Waals surface area contributed by atoms with E-state index in [1.54, 1.807) is 9.80 Å². The molecule has 1 aromatic carbocycles. The van der Waals surface area contributed by atoms with E-state index in [0.717, 1.165) is 12.5 Å². The zero-order chi connectivity index (χ0) is 18.0. The summed E-state index contributed by atoms with van der Waals surface area (Å²) in [6.45, 7) is 2.12. The Morgan fingerprint density at radius 2 is 1.85 bits per heavy atom. The number of nitrogens with two attached hydrogens (primary N) is 1. The Morgan fingerprint density at radius 1 is 1.19 bits per heavy atom. The van der Waals surface area contributed by atoms with Crippen molar-refractivity contribution < 1.29 is 18.7 Å². The van der Waals surface area contributed by atoms with E-state index in [-0.39, 0.29) is 40.9 Å². The molecule has 2 saturated heterocycles. The molecule has 0 aliphatic carbocycles. The van der Waals surface area contributed by atoms with Crippen LogP contribution >= 0.6 is 24.0 Å². The molecule has 2 amide bonds. The monoisotopic (exact) mass is 405 g/mol. The van der Waals surface area contributed by atoms with Gasteiger partial charge in [-0.15, -0.1) is 12.4 Å². The van der Waals surface area contributed by atoms with Crippen LogP contribution in [0.5, 0.6) is 0 Å². The third-order valence-electron chi connectivity index (χ3n) is 4.69. The van der Waals surface area contributed by atoms with Crippen LogP contribution in [0, 0.1) is 5.82 Å². The van der Waals surface area contributed by atoms with Gasteiger partial charge in [0, 0.05) is 32.7 Å². The summed E-state index contributed by atoms with van der Waals surface area (Å²) < 4.78 is 18.8. The average Bonchev–Trinajstić information content (AvgIpc) is 3.10. The molecule has 6 nitrogen and oxygen atoms in total. The third kappa shape index (κ3) is 4.46. The molecule has 0 bridgehead atoms. The molecule has 2 atom stereocenters. The summed E-state index contributed by atoms with van der Waals surface area (Å²) in [5.74, 6) is -0.774. The van der Waals surface area contributed by atoms with Gasteiger partial charge in [0.05, 0.1) is 16.7 Å². The minimum Gasteiger partial charge on any atom is -0.364 e. The molecule has 0 radical (unpaired) electrons. The van der Waals surface area contributed by atoms with Crippen LogP contribution in [-0.4, -0.2) is 66.5 Å². The van der Waals surface area contributed by atoms with Crippen LogP contribution < -0.4 is 5.73 Å². The van der Waals surface area contributed by atoms with Crippen LogP contribution in [0.3, 0.4) is 0 Å². The van der Waals surface area contributed by atoms with Crippen LogP contribution in [0.4, 0.5) is 4.39 Å². The molecule has 3 rings (SSSR count). The summed E-state index contributed by atoms with van der Waals surface area (Å²) in [6, 6.07) is 3.72. The number of carbonyl (C=O) groups excluding carboxylic acids is 2. The topological polar surface area (TPSA) is 75.9 Å². The summed E-state index contributed by atoms with van der Waals surface area (Å²) in [6.07, 6.45) is 1.01. The normalized spacial score (nSPS) is 22.9. The number of carbonyl (C=O) groups is 2. The van der Waals surface area contributed by atoms with Gasteiger partial charge in [-0.3, -0.25) is 9.59 Å². The van der Waals surface area contributed by atoms with Crippen molar-refractivity contribution in [2.24, 2.45) is 5.73 Å². The van der Waals surface area contributed by atoms with E-state index in [1.807, 2.05) is 0 Å². The maximum atomic E-state index is 13.1. The fourth-order valence-electron chi connectivity index (χ4n) is 3.23. The summed E-state index contributed by atoms with van der Waals surface area (Å²) >= 11 is 5.96. The zero-order valence-corrected chi connectivity index (χ0v) is 15.8. The van der Waals surface area contributed by atoms with Gasteiger partial charge in [0.15, 0.2) is 0 Å². The van der Waals surface area contributed by atoms with Crippen LogP contribution in [0.25, 0.3) is 0 Å². The van der Waals surface area contributed by atoms with Crippen molar-refractivity contribution in [1.82, 2.24) is 9.80 Å². The van der Waals surface area contributed by atoms with E-state index >= 15 is 0 Å². The van der Waals surface area contributed by atoms with Crippen molar-refractivity contribution in [2.45, 2.75) is 25.0 Å². The first-order chi connectivity index (χ1) is 12.0. The molecular formula is C17H22Cl2FN3O3.